The highest BCUT2D eigenvalue weighted by molar-refractivity contribution is 6.92. The van der Waals surface area contributed by atoms with E-state index in [1.165, 1.54) is 176 Å². The Bertz CT molecular complexity index is 4590. The first-order chi connectivity index (χ1) is 35.5. The summed E-state index contributed by atoms with van der Waals surface area (Å²) >= 11 is 0. The molecule has 8 heterocycles. The molecule has 0 amide bonds. The third-order valence-corrected chi connectivity index (χ3v) is 17.8. The predicted molar refractivity (Wildman–Crippen MR) is 305 cm³/mol. The number of nitrogens with zero attached hydrogens (tertiary/aromatic N) is 4. The lowest BCUT2D eigenvalue weighted by molar-refractivity contribution is 1.18. The van der Waals surface area contributed by atoms with Crippen molar-refractivity contribution >= 4 is 112 Å². The standard InChI is InChI=1S/C66H42B2N4/c1-35-17-13-18-36(2)55(35)47-33-45-39-23-15-25-43-61(39)71(67-49-27-7-11-31-53(49)69-51-29-9-5-21-41(51)57(47)65(69)59(45)67)64-44-26-16-24-40-46-34-48(56-37(3)19-14-20-38(56)4)58-42-22-6-10-30-52(42)70-54-32-12-8-28-50(54)68(60(46)66(58)70)72(62(40)44)63(43)64/h5-34H,1-4H3. The van der Waals surface area contributed by atoms with Crippen LogP contribution in [0.15, 0.2) is 182 Å². The highest BCUT2D eigenvalue weighted by atomic mass is 15.1. The Balaban J connectivity index is 1.05. The van der Waals surface area contributed by atoms with Gasteiger partial charge < -0.3 is 18.1 Å². The molecule has 0 aliphatic carbocycles. The highest BCUT2D eigenvalue weighted by Gasteiger charge is 2.47. The maximum Gasteiger partial charge on any atom is 0.333 e. The first-order valence-corrected chi connectivity index (χ1v) is 25.6. The van der Waals surface area contributed by atoms with E-state index in [0.29, 0.717) is 0 Å². The van der Waals surface area contributed by atoms with Crippen molar-refractivity contribution in [1.29, 1.82) is 0 Å². The first-order valence-electron chi connectivity index (χ1n) is 25.6. The highest BCUT2D eigenvalue weighted by Crippen LogP contribution is 2.52. The van der Waals surface area contributed by atoms with Crippen LogP contribution in [0.1, 0.15) is 22.3 Å². The Hall–Kier alpha value is -8.73. The Morgan fingerprint density at radius 3 is 1.12 bits per heavy atom. The van der Waals surface area contributed by atoms with Crippen molar-refractivity contribution in [3.8, 4) is 55.9 Å². The predicted octanol–water partition coefficient (Wildman–Crippen LogP) is 13.4. The molecule has 0 N–H and O–H groups in total. The lowest BCUT2D eigenvalue weighted by atomic mass is 9.45. The molecule has 72 heavy (non-hydrogen) atoms. The van der Waals surface area contributed by atoms with Crippen LogP contribution in [0.25, 0.3) is 132 Å². The van der Waals surface area contributed by atoms with Crippen molar-refractivity contribution in [1.82, 2.24) is 18.1 Å². The molecular formula is C66H42B2N4. The van der Waals surface area contributed by atoms with Crippen molar-refractivity contribution in [3.05, 3.63) is 204 Å². The summed E-state index contributed by atoms with van der Waals surface area (Å²) in [5.74, 6) is 0. The van der Waals surface area contributed by atoms with E-state index in [-0.39, 0.29) is 13.7 Å². The summed E-state index contributed by atoms with van der Waals surface area (Å²) < 4.78 is 10.8. The average molecular weight is 913 g/mol. The molecule has 0 bridgehead atoms. The zero-order valence-corrected chi connectivity index (χ0v) is 40.3. The van der Waals surface area contributed by atoms with Gasteiger partial charge >= 0.3 is 13.7 Å². The molecular weight excluding hydrogens is 870 g/mol. The van der Waals surface area contributed by atoms with Gasteiger partial charge in [-0.2, -0.15) is 0 Å². The van der Waals surface area contributed by atoms with E-state index in [1.807, 2.05) is 0 Å². The normalized spacial score (nSPS) is 13.5. The lowest BCUT2D eigenvalue weighted by Crippen LogP contribution is -2.55. The van der Waals surface area contributed by atoms with Gasteiger partial charge in [-0.1, -0.05) is 146 Å². The molecule has 6 heteroatoms. The molecule has 4 nitrogen and oxygen atoms in total. The molecule has 0 saturated carbocycles. The van der Waals surface area contributed by atoms with E-state index in [9.17, 15) is 0 Å². The summed E-state index contributed by atoms with van der Waals surface area (Å²) in [4.78, 5) is 0. The quantitative estimate of drug-likeness (QED) is 0.154. The minimum Gasteiger partial charge on any atom is -0.374 e. The molecule has 0 atom stereocenters. The van der Waals surface area contributed by atoms with Crippen molar-refractivity contribution in [3.63, 3.8) is 0 Å². The SMILES string of the molecule is Cc1cccc(C)c1-c1cc2c3c4c1c1ccccc1n4-c1ccccc1B3n1c3c-2cccc3c2c1c1cccc3c1n2B1c2ccccc2-n2c4ccccc4c4c(-c5c(C)cccc5C)cc-3c1c42. The molecule has 0 spiro atoms. The van der Waals surface area contributed by atoms with Gasteiger partial charge in [0.1, 0.15) is 0 Å². The smallest absolute Gasteiger partial charge is 0.333 e. The number of hydrogen-bond acceptors (Lipinski definition) is 0. The number of aromatic nitrogens is 4. The van der Waals surface area contributed by atoms with Gasteiger partial charge in [-0.3, -0.25) is 0 Å². The van der Waals surface area contributed by atoms with Crippen molar-refractivity contribution in [2.24, 2.45) is 0 Å². The van der Waals surface area contributed by atoms with Gasteiger partial charge in [0.05, 0.1) is 33.1 Å². The van der Waals surface area contributed by atoms with Crippen LogP contribution in [0.3, 0.4) is 0 Å². The van der Waals surface area contributed by atoms with E-state index >= 15 is 0 Å². The van der Waals surface area contributed by atoms with Crippen LogP contribution in [0.5, 0.6) is 0 Å². The molecule has 4 aromatic heterocycles. The summed E-state index contributed by atoms with van der Waals surface area (Å²) in [7, 11) is 0. The summed E-state index contributed by atoms with van der Waals surface area (Å²) in [5, 5.41) is 7.91. The Morgan fingerprint density at radius 1 is 0.306 bits per heavy atom. The number of para-hydroxylation sites is 6. The molecule has 0 radical (unpaired) electrons. The van der Waals surface area contributed by atoms with Gasteiger partial charge in [0.25, 0.3) is 0 Å². The first kappa shape index (κ1) is 38.1. The maximum atomic E-state index is 2.81. The fourth-order valence-electron chi connectivity index (χ4n) is 15.3. The molecule has 0 saturated heterocycles. The van der Waals surface area contributed by atoms with Crippen LogP contribution in [-0.4, -0.2) is 31.8 Å². The third-order valence-electron chi connectivity index (χ3n) is 17.8. The van der Waals surface area contributed by atoms with Crippen LogP contribution < -0.4 is 21.9 Å². The summed E-state index contributed by atoms with van der Waals surface area (Å²) in [6.07, 6.45) is 0. The minimum absolute atomic E-state index is 0.0632. The summed E-state index contributed by atoms with van der Waals surface area (Å²) in [5.41, 5.74) is 34.2. The molecule has 4 aliphatic heterocycles. The molecule has 332 valence electrons. The molecule has 18 rings (SSSR count). The van der Waals surface area contributed by atoms with Crippen LogP contribution >= 0.6 is 0 Å². The second-order valence-corrected chi connectivity index (χ2v) is 21.2. The van der Waals surface area contributed by atoms with Gasteiger partial charge in [-0.15, -0.1) is 0 Å². The fraction of sp³-hybridized carbons (Fsp3) is 0.0606. The number of benzene rings is 10. The largest absolute Gasteiger partial charge is 0.374 e. The Kier molecular flexibility index (Phi) is 6.76. The lowest BCUT2D eigenvalue weighted by Gasteiger charge is -2.34. The fourth-order valence-corrected chi connectivity index (χ4v) is 15.3. The minimum atomic E-state index is -0.0632. The molecule has 4 aliphatic rings. The monoisotopic (exact) mass is 912 g/mol. The number of aryl methyl sites for hydroxylation is 4. The zero-order valence-electron chi connectivity index (χ0n) is 40.3. The maximum absolute atomic E-state index is 2.81. The molecule has 10 aromatic carbocycles. The van der Waals surface area contributed by atoms with E-state index in [2.05, 4.69) is 228 Å². The Morgan fingerprint density at radius 2 is 0.681 bits per heavy atom. The van der Waals surface area contributed by atoms with E-state index < -0.39 is 0 Å². The number of fused-ring (bicyclic) bond motifs is 21. The van der Waals surface area contributed by atoms with Crippen LogP contribution in [0, 0.1) is 27.7 Å². The molecule has 14 aromatic rings. The summed E-state index contributed by atoms with van der Waals surface area (Å²) in [6.45, 7) is 9.03. The number of rotatable bonds is 2. The molecule has 0 unspecified atom stereocenters. The van der Waals surface area contributed by atoms with Crippen molar-refractivity contribution in [2.75, 3.05) is 0 Å². The van der Waals surface area contributed by atoms with E-state index in [4.69, 9.17) is 0 Å². The van der Waals surface area contributed by atoms with Gasteiger partial charge in [0.2, 0.25) is 0 Å². The zero-order chi connectivity index (χ0) is 47.2. The van der Waals surface area contributed by atoms with Crippen molar-refractivity contribution in [2.45, 2.75) is 27.7 Å². The van der Waals surface area contributed by atoms with Crippen molar-refractivity contribution < 1.29 is 0 Å². The van der Waals surface area contributed by atoms with Crippen LogP contribution in [0.4, 0.5) is 0 Å². The molecule has 0 fully saturated rings. The van der Waals surface area contributed by atoms with Gasteiger partial charge in [-0.25, -0.2) is 0 Å². The van der Waals surface area contributed by atoms with Gasteiger partial charge in [0, 0.05) is 65.9 Å². The third kappa shape index (κ3) is 4.16. The van der Waals surface area contributed by atoms with Gasteiger partial charge in [0.15, 0.2) is 0 Å². The van der Waals surface area contributed by atoms with Gasteiger partial charge in [-0.05, 0) is 142 Å². The average Bonchev–Trinajstić information content (AvgIpc) is 4.15. The van der Waals surface area contributed by atoms with Crippen LogP contribution in [0.2, 0.25) is 0 Å². The second kappa shape index (κ2) is 12.8. The topological polar surface area (TPSA) is 19.7 Å². The summed E-state index contributed by atoms with van der Waals surface area (Å²) in [6, 6.07) is 70.0. The number of hydrogen-bond donors (Lipinski definition) is 0. The second-order valence-electron chi connectivity index (χ2n) is 21.2. The van der Waals surface area contributed by atoms with Crippen LogP contribution in [-0.2, 0) is 0 Å². The van der Waals surface area contributed by atoms with E-state index in [1.54, 1.807) is 0 Å². The Labute approximate surface area is 415 Å². The van der Waals surface area contributed by atoms with E-state index in [0.717, 1.165) is 0 Å².